The summed E-state index contributed by atoms with van der Waals surface area (Å²) in [7, 11) is 0. The standard InChI is InChI=1S/C17H24N4O2/c1-4-6-8-9-21-16-13(11-19-21)15(18)14(12(3)20-16)17(22)23-10-7-5-2/h5,7,11H,4,6,8-10H2,1-3H3,(H2,18,20). The highest BCUT2D eigenvalue weighted by atomic mass is 16.5. The summed E-state index contributed by atoms with van der Waals surface area (Å²) in [4.78, 5) is 16.7. The number of carbonyl (C=O) groups is 1. The van der Waals surface area contributed by atoms with Crippen molar-refractivity contribution in [2.24, 2.45) is 0 Å². The molecule has 0 aliphatic heterocycles. The second kappa shape index (κ2) is 7.76. The van der Waals surface area contributed by atoms with Crippen LogP contribution in [0.5, 0.6) is 0 Å². The van der Waals surface area contributed by atoms with E-state index in [9.17, 15) is 4.79 Å². The van der Waals surface area contributed by atoms with E-state index in [0.29, 0.717) is 22.3 Å². The van der Waals surface area contributed by atoms with Crippen molar-refractivity contribution in [2.75, 3.05) is 12.3 Å². The third-order valence-electron chi connectivity index (χ3n) is 3.73. The van der Waals surface area contributed by atoms with E-state index in [2.05, 4.69) is 17.0 Å². The maximum Gasteiger partial charge on any atom is 0.342 e. The Bertz CT molecular complexity index is 719. The van der Waals surface area contributed by atoms with E-state index in [-0.39, 0.29) is 6.61 Å². The number of fused-ring (bicyclic) bond motifs is 1. The first-order valence-corrected chi connectivity index (χ1v) is 8.00. The number of aryl methyl sites for hydroxylation is 2. The first-order valence-electron chi connectivity index (χ1n) is 8.00. The average Bonchev–Trinajstić information content (AvgIpc) is 2.91. The van der Waals surface area contributed by atoms with Crippen LogP contribution in [-0.2, 0) is 11.3 Å². The van der Waals surface area contributed by atoms with Gasteiger partial charge in [0.15, 0.2) is 5.65 Å². The van der Waals surface area contributed by atoms with Crippen molar-refractivity contribution in [2.45, 2.75) is 46.6 Å². The monoisotopic (exact) mass is 316 g/mol. The highest BCUT2D eigenvalue weighted by Gasteiger charge is 2.20. The molecule has 6 nitrogen and oxygen atoms in total. The summed E-state index contributed by atoms with van der Waals surface area (Å²) in [6, 6.07) is 0. The lowest BCUT2D eigenvalue weighted by atomic mass is 10.1. The molecule has 2 rings (SSSR count). The van der Waals surface area contributed by atoms with Crippen molar-refractivity contribution >= 4 is 22.7 Å². The minimum absolute atomic E-state index is 0.225. The number of nitrogen functional groups attached to an aromatic ring is 1. The number of anilines is 1. The number of pyridine rings is 1. The highest BCUT2D eigenvalue weighted by Crippen LogP contribution is 2.26. The van der Waals surface area contributed by atoms with Crippen LogP contribution in [0.1, 0.15) is 49.2 Å². The predicted octanol–water partition coefficient (Wildman–Crippen LogP) is 3.25. The molecule has 0 saturated carbocycles. The van der Waals surface area contributed by atoms with Crippen LogP contribution in [0.15, 0.2) is 18.3 Å². The number of aromatic nitrogens is 3. The second-order valence-corrected chi connectivity index (χ2v) is 5.47. The summed E-state index contributed by atoms with van der Waals surface area (Å²) in [6.45, 7) is 6.82. The molecule has 0 aliphatic carbocycles. The van der Waals surface area contributed by atoms with Gasteiger partial charge in [0.05, 0.1) is 23.0 Å². The van der Waals surface area contributed by atoms with Gasteiger partial charge in [0, 0.05) is 6.54 Å². The zero-order chi connectivity index (χ0) is 16.8. The fourth-order valence-corrected chi connectivity index (χ4v) is 2.46. The van der Waals surface area contributed by atoms with Gasteiger partial charge in [-0.3, -0.25) is 0 Å². The zero-order valence-electron chi connectivity index (χ0n) is 14.0. The number of nitrogens with zero attached hydrogens (tertiary/aromatic N) is 3. The molecule has 0 bridgehead atoms. The molecule has 23 heavy (non-hydrogen) atoms. The topological polar surface area (TPSA) is 83.0 Å². The number of nitrogens with two attached hydrogens (primary N) is 1. The maximum atomic E-state index is 12.2. The Morgan fingerprint density at radius 2 is 2.22 bits per heavy atom. The van der Waals surface area contributed by atoms with Gasteiger partial charge in [0.25, 0.3) is 0 Å². The van der Waals surface area contributed by atoms with Crippen molar-refractivity contribution in [3.05, 3.63) is 29.6 Å². The summed E-state index contributed by atoms with van der Waals surface area (Å²) < 4.78 is 7.04. The van der Waals surface area contributed by atoms with Crippen LogP contribution in [0, 0.1) is 6.92 Å². The molecule has 2 N–H and O–H groups in total. The third-order valence-corrected chi connectivity index (χ3v) is 3.73. The molecule has 0 unspecified atom stereocenters. The van der Waals surface area contributed by atoms with E-state index in [0.717, 1.165) is 31.5 Å². The van der Waals surface area contributed by atoms with Gasteiger partial charge in [-0.2, -0.15) is 5.10 Å². The van der Waals surface area contributed by atoms with Gasteiger partial charge in [0.2, 0.25) is 0 Å². The predicted molar refractivity (Wildman–Crippen MR) is 91.3 cm³/mol. The SMILES string of the molecule is CC=CCOC(=O)c1c(C)nc2c(cnn2CCCCC)c1N. The van der Waals surface area contributed by atoms with Crippen LogP contribution in [0.4, 0.5) is 5.69 Å². The summed E-state index contributed by atoms with van der Waals surface area (Å²) in [5.74, 6) is -0.453. The molecule has 0 spiro atoms. The van der Waals surface area contributed by atoms with Crippen molar-refractivity contribution in [1.82, 2.24) is 14.8 Å². The minimum atomic E-state index is -0.453. The van der Waals surface area contributed by atoms with Gasteiger partial charge in [-0.05, 0) is 20.3 Å². The smallest absolute Gasteiger partial charge is 0.342 e. The summed E-state index contributed by atoms with van der Waals surface area (Å²) in [5.41, 5.74) is 8.19. The van der Waals surface area contributed by atoms with Gasteiger partial charge in [-0.1, -0.05) is 31.9 Å². The van der Waals surface area contributed by atoms with E-state index >= 15 is 0 Å². The number of hydrogen-bond donors (Lipinski definition) is 1. The van der Waals surface area contributed by atoms with Crippen LogP contribution in [-0.4, -0.2) is 27.3 Å². The Kier molecular flexibility index (Phi) is 5.73. The Morgan fingerprint density at radius 1 is 1.43 bits per heavy atom. The molecule has 0 saturated heterocycles. The molecule has 0 atom stereocenters. The van der Waals surface area contributed by atoms with Crippen LogP contribution in [0.3, 0.4) is 0 Å². The number of hydrogen-bond acceptors (Lipinski definition) is 5. The molecule has 2 aromatic heterocycles. The van der Waals surface area contributed by atoms with E-state index in [1.807, 2.05) is 17.7 Å². The largest absolute Gasteiger partial charge is 0.458 e. The molecule has 124 valence electrons. The Labute approximate surface area is 136 Å². The Morgan fingerprint density at radius 3 is 2.91 bits per heavy atom. The van der Waals surface area contributed by atoms with Crippen LogP contribution < -0.4 is 5.73 Å². The molecule has 2 heterocycles. The van der Waals surface area contributed by atoms with E-state index in [4.69, 9.17) is 10.5 Å². The molecular formula is C17H24N4O2. The summed E-state index contributed by atoms with van der Waals surface area (Å²) >= 11 is 0. The third kappa shape index (κ3) is 3.70. The first-order chi connectivity index (χ1) is 11.1. The molecule has 0 amide bonds. The van der Waals surface area contributed by atoms with E-state index in [1.54, 1.807) is 19.2 Å². The number of esters is 1. The Balaban J connectivity index is 2.32. The van der Waals surface area contributed by atoms with Gasteiger partial charge in [0.1, 0.15) is 12.2 Å². The number of allylic oxidation sites excluding steroid dienone is 1. The van der Waals surface area contributed by atoms with Gasteiger partial charge < -0.3 is 10.5 Å². The number of ether oxygens (including phenoxy) is 1. The van der Waals surface area contributed by atoms with Crippen LogP contribution >= 0.6 is 0 Å². The van der Waals surface area contributed by atoms with Crippen LogP contribution in [0.2, 0.25) is 0 Å². The fraction of sp³-hybridized carbons (Fsp3) is 0.471. The lowest BCUT2D eigenvalue weighted by molar-refractivity contribution is 0.0549. The van der Waals surface area contributed by atoms with Gasteiger partial charge in [-0.15, -0.1) is 0 Å². The quantitative estimate of drug-likeness (QED) is 0.481. The van der Waals surface area contributed by atoms with Crippen molar-refractivity contribution in [3.63, 3.8) is 0 Å². The number of unbranched alkanes of at least 4 members (excludes halogenated alkanes) is 2. The average molecular weight is 316 g/mol. The molecule has 0 radical (unpaired) electrons. The van der Waals surface area contributed by atoms with E-state index < -0.39 is 5.97 Å². The van der Waals surface area contributed by atoms with Crippen LogP contribution in [0.25, 0.3) is 11.0 Å². The number of rotatable bonds is 7. The van der Waals surface area contributed by atoms with Crippen molar-refractivity contribution in [1.29, 1.82) is 0 Å². The minimum Gasteiger partial charge on any atom is -0.458 e. The molecule has 0 aromatic carbocycles. The highest BCUT2D eigenvalue weighted by molar-refractivity contribution is 6.04. The first kappa shape index (κ1) is 17.0. The summed E-state index contributed by atoms with van der Waals surface area (Å²) in [5, 5.41) is 5.05. The Hall–Kier alpha value is -2.37. The fourth-order valence-electron chi connectivity index (χ4n) is 2.46. The molecule has 0 aliphatic rings. The molecule has 0 fully saturated rings. The van der Waals surface area contributed by atoms with Crippen molar-refractivity contribution < 1.29 is 9.53 Å². The zero-order valence-corrected chi connectivity index (χ0v) is 14.0. The maximum absolute atomic E-state index is 12.2. The van der Waals surface area contributed by atoms with Crippen molar-refractivity contribution in [3.8, 4) is 0 Å². The second-order valence-electron chi connectivity index (χ2n) is 5.47. The molecule has 2 aromatic rings. The normalized spacial score (nSPS) is 11.4. The lowest BCUT2D eigenvalue weighted by Gasteiger charge is -2.10. The number of carbonyl (C=O) groups excluding carboxylic acids is 1. The summed E-state index contributed by atoms with van der Waals surface area (Å²) in [6.07, 6.45) is 8.60. The lowest BCUT2D eigenvalue weighted by Crippen LogP contribution is -2.12. The van der Waals surface area contributed by atoms with Gasteiger partial charge >= 0.3 is 5.97 Å². The molecule has 6 heteroatoms. The molecular weight excluding hydrogens is 292 g/mol. The van der Waals surface area contributed by atoms with Gasteiger partial charge in [-0.25, -0.2) is 14.5 Å². The van der Waals surface area contributed by atoms with E-state index in [1.165, 1.54) is 0 Å².